The van der Waals surface area contributed by atoms with E-state index in [-0.39, 0.29) is 23.5 Å². The molecule has 4 rings (SSSR count). The van der Waals surface area contributed by atoms with Crippen LogP contribution in [-0.2, 0) is 4.79 Å². The quantitative estimate of drug-likeness (QED) is 0.567. The Morgan fingerprint density at radius 1 is 1.03 bits per heavy atom. The van der Waals surface area contributed by atoms with Crippen LogP contribution in [0.2, 0.25) is 0 Å². The number of nitrogens with one attached hydrogen (secondary N) is 1. The van der Waals surface area contributed by atoms with Crippen molar-refractivity contribution in [3.8, 4) is 11.5 Å². The molecule has 4 nitrogen and oxygen atoms in total. The predicted molar refractivity (Wildman–Crippen MR) is 123 cm³/mol. The summed E-state index contributed by atoms with van der Waals surface area (Å²) in [5.41, 5.74) is 2.87. The minimum atomic E-state index is -0.363. The van der Waals surface area contributed by atoms with Gasteiger partial charge >= 0.3 is 0 Å². The van der Waals surface area contributed by atoms with Gasteiger partial charge in [0.25, 0.3) is 0 Å². The lowest BCUT2D eigenvalue weighted by Crippen LogP contribution is -2.41. The van der Waals surface area contributed by atoms with Crippen LogP contribution in [0, 0.1) is 0 Å². The lowest BCUT2D eigenvalue weighted by atomic mass is 9.87. The molecule has 0 spiro atoms. The number of hydrogen-bond donors (Lipinski definition) is 1. The van der Waals surface area contributed by atoms with E-state index in [0.717, 1.165) is 28.2 Å². The van der Waals surface area contributed by atoms with Gasteiger partial charge in [-0.25, -0.2) is 0 Å². The lowest BCUT2D eigenvalue weighted by Gasteiger charge is -2.38. The van der Waals surface area contributed by atoms with Crippen molar-refractivity contribution in [3.05, 3.63) is 95.6 Å². The summed E-state index contributed by atoms with van der Waals surface area (Å²) in [6, 6.07) is 26.1. The van der Waals surface area contributed by atoms with Gasteiger partial charge in [-0.1, -0.05) is 60.7 Å². The van der Waals surface area contributed by atoms with Gasteiger partial charge in [-0.05, 0) is 43.2 Å². The molecule has 1 aliphatic heterocycles. The molecule has 0 bridgehead atoms. The maximum absolute atomic E-state index is 13.3. The summed E-state index contributed by atoms with van der Waals surface area (Å²) in [7, 11) is 1.65. The molecule has 31 heavy (non-hydrogen) atoms. The van der Waals surface area contributed by atoms with Crippen LogP contribution in [0.4, 0.5) is 0 Å². The number of rotatable bonds is 6. The minimum Gasteiger partial charge on any atom is -0.497 e. The molecule has 0 radical (unpaired) electrons. The summed E-state index contributed by atoms with van der Waals surface area (Å²) in [6.07, 6.45) is 1.07. The average Bonchev–Trinajstić information content (AvgIpc) is 2.78. The molecule has 3 aromatic carbocycles. The van der Waals surface area contributed by atoms with Crippen LogP contribution >= 0.6 is 0 Å². The average molecular weight is 416 g/mol. The molecule has 1 unspecified atom stereocenters. The van der Waals surface area contributed by atoms with Crippen molar-refractivity contribution in [2.45, 2.75) is 44.2 Å². The molecule has 1 N–H and O–H groups in total. The fraction of sp³-hybridized carbons (Fsp3) is 0.296. The molecule has 0 saturated carbocycles. The molecule has 0 saturated heterocycles. The van der Waals surface area contributed by atoms with E-state index < -0.39 is 0 Å². The highest BCUT2D eigenvalue weighted by Gasteiger charge is 2.35. The zero-order valence-corrected chi connectivity index (χ0v) is 18.3. The van der Waals surface area contributed by atoms with Crippen molar-refractivity contribution in [3.63, 3.8) is 0 Å². The molecule has 0 fully saturated rings. The number of hydrogen-bond acceptors (Lipinski definition) is 3. The van der Waals surface area contributed by atoms with E-state index in [1.165, 1.54) is 0 Å². The van der Waals surface area contributed by atoms with Crippen LogP contribution < -0.4 is 14.8 Å². The Bertz CT molecular complexity index is 991. The van der Waals surface area contributed by atoms with E-state index >= 15 is 0 Å². The standard InChI is InChI=1S/C27H29NO3/c1-27(2)18-24(23-16-21(30-3)14-15-25(23)31-27)28-26(29)17-22(19-10-6-4-7-11-19)20-12-8-5-9-13-20/h4-16,22,24H,17-18H2,1-3H3,(H,28,29). The van der Waals surface area contributed by atoms with E-state index in [0.29, 0.717) is 12.8 Å². The Hall–Kier alpha value is -3.27. The summed E-state index contributed by atoms with van der Waals surface area (Å²) in [5, 5.41) is 3.28. The first kappa shape index (κ1) is 21.0. The largest absolute Gasteiger partial charge is 0.497 e. The zero-order valence-electron chi connectivity index (χ0n) is 18.3. The Labute approximate surface area is 184 Å². The smallest absolute Gasteiger partial charge is 0.221 e. The van der Waals surface area contributed by atoms with Crippen molar-refractivity contribution in [2.24, 2.45) is 0 Å². The maximum Gasteiger partial charge on any atom is 0.221 e. The first-order valence-corrected chi connectivity index (χ1v) is 10.7. The molecule has 160 valence electrons. The Kier molecular flexibility index (Phi) is 5.99. The van der Waals surface area contributed by atoms with Crippen LogP contribution in [-0.4, -0.2) is 18.6 Å². The Balaban J connectivity index is 1.58. The van der Waals surface area contributed by atoms with Crippen LogP contribution in [0.15, 0.2) is 78.9 Å². The second kappa shape index (κ2) is 8.84. The molecular formula is C27H29NO3. The number of fused-ring (bicyclic) bond motifs is 1. The van der Waals surface area contributed by atoms with E-state index in [9.17, 15) is 4.79 Å². The SMILES string of the molecule is COc1ccc2c(c1)C(NC(=O)CC(c1ccccc1)c1ccccc1)CC(C)(C)O2. The third-order valence-corrected chi connectivity index (χ3v) is 5.80. The molecule has 0 aromatic heterocycles. The maximum atomic E-state index is 13.3. The van der Waals surface area contributed by atoms with Crippen LogP contribution in [0.1, 0.15) is 55.3 Å². The van der Waals surface area contributed by atoms with Gasteiger partial charge in [0.2, 0.25) is 5.91 Å². The monoisotopic (exact) mass is 415 g/mol. The summed E-state index contributed by atoms with van der Waals surface area (Å²) in [4.78, 5) is 13.3. The van der Waals surface area contributed by atoms with Crippen LogP contribution in [0.5, 0.6) is 11.5 Å². The number of methoxy groups -OCH3 is 1. The highest BCUT2D eigenvalue weighted by atomic mass is 16.5. The summed E-state index contributed by atoms with van der Waals surface area (Å²) in [6.45, 7) is 4.10. The van der Waals surface area contributed by atoms with Crippen LogP contribution in [0.25, 0.3) is 0 Å². The van der Waals surface area contributed by atoms with Crippen molar-refractivity contribution >= 4 is 5.91 Å². The highest BCUT2D eigenvalue weighted by Crippen LogP contribution is 2.41. The second-order valence-corrected chi connectivity index (χ2v) is 8.67. The van der Waals surface area contributed by atoms with Crippen molar-refractivity contribution in [1.29, 1.82) is 0 Å². The first-order valence-electron chi connectivity index (χ1n) is 10.7. The normalized spacial score (nSPS) is 16.8. The lowest BCUT2D eigenvalue weighted by molar-refractivity contribution is -0.122. The summed E-state index contributed by atoms with van der Waals surface area (Å²) in [5.74, 6) is 1.58. The molecule has 0 aliphatic carbocycles. The molecule has 1 atom stereocenters. The fourth-order valence-corrected chi connectivity index (χ4v) is 4.33. The summed E-state index contributed by atoms with van der Waals surface area (Å²) >= 11 is 0. The Morgan fingerprint density at radius 3 is 2.23 bits per heavy atom. The number of carbonyl (C=O) groups excluding carboxylic acids is 1. The third-order valence-electron chi connectivity index (χ3n) is 5.80. The van der Waals surface area contributed by atoms with Gasteiger partial charge < -0.3 is 14.8 Å². The van der Waals surface area contributed by atoms with Gasteiger partial charge in [0.1, 0.15) is 17.1 Å². The Morgan fingerprint density at radius 2 is 1.65 bits per heavy atom. The highest BCUT2D eigenvalue weighted by molar-refractivity contribution is 5.78. The second-order valence-electron chi connectivity index (χ2n) is 8.67. The van der Waals surface area contributed by atoms with E-state index in [1.807, 2.05) is 54.6 Å². The van der Waals surface area contributed by atoms with Gasteiger partial charge in [-0.2, -0.15) is 0 Å². The molecule has 4 heteroatoms. The van der Waals surface area contributed by atoms with E-state index in [1.54, 1.807) is 7.11 Å². The third kappa shape index (κ3) is 4.91. The topological polar surface area (TPSA) is 47.6 Å². The van der Waals surface area contributed by atoms with Crippen molar-refractivity contribution in [2.75, 3.05) is 7.11 Å². The van der Waals surface area contributed by atoms with Gasteiger partial charge in [0.05, 0.1) is 13.2 Å². The minimum absolute atomic E-state index is 0.0000284. The number of benzene rings is 3. The van der Waals surface area contributed by atoms with Crippen LogP contribution in [0.3, 0.4) is 0 Å². The molecule has 1 amide bonds. The fourth-order valence-electron chi connectivity index (χ4n) is 4.33. The van der Waals surface area contributed by atoms with E-state index in [4.69, 9.17) is 9.47 Å². The number of ether oxygens (including phenoxy) is 2. The molecule has 1 aliphatic rings. The van der Waals surface area contributed by atoms with E-state index in [2.05, 4.69) is 43.4 Å². The molecular weight excluding hydrogens is 386 g/mol. The predicted octanol–water partition coefficient (Wildman–Crippen LogP) is 5.64. The first-order chi connectivity index (χ1) is 14.9. The van der Waals surface area contributed by atoms with Gasteiger partial charge in [-0.15, -0.1) is 0 Å². The number of amides is 1. The van der Waals surface area contributed by atoms with Gasteiger partial charge in [0, 0.05) is 24.3 Å². The number of carbonyl (C=O) groups is 1. The van der Waals surface area contributed by atoms with Crippen molar-refractivity contribution < 1.29 is 14.3 Å². The van der Waals surface area contributed by atoms with Gasteiger partial charge in [-0.3, -0.25) is 4.79 Å². The van der Waals surface area contributed by atoms with Gasteiger partial charge in [0.15, 0.2) is 0 Å². The molecule has 3 aromatic rings. The molecule has 1 heterocycles. The zero-order chi connectivity index (χ0) is 21.8. The summed E-state index contributed by atoms with van der Waals surface area (Å²) < 4.78 is 11.5. The van der Waals surface area contributed by atoms with Crippen molar-refractivity contribution in [1.82, 2.24) is 5.32 Å².